The molecule has 7 heteroatoms. The van der Waals surface area contributed by atoms with Crippen molar-refractivity contribution in [2.45, 2.75) is 12.5 Å². The number of ether oxygens (including phenoxy) is 1. The van der Waals surface area contributed by atoms with E-state index in [9.17, 15) is 14.0 Å². The summed E-state index contributed by atoms with van der Waals surface area (Å²) in [7, 11) is 1.58. The summed E-state index contributed by atoms with van der Waals surface area (Å²) >= 11 is 0. The van der Waals surface area contributed by atoms with Crippen molar-refractivity contribution in [3.63, 3.8) is 0 Å². The molecule has 30 heavy (non-hydrogen) atoms. The smallest absolute Gasteiger partial charge is 0.250 e. The summed E-state index contributed by atoms with van der Waals surface area (Å²) in [5.74, 6) is -0.399. The molecule has 0 aromatic heterocycles. The fourth-order valence-corrected chi connectivity index (χ4v) is 4.30. The van der Waals surface area contributed by atoms with Crippen LogP contribution >= 0.6 is 0 Å². The minimum absolute atomic E-state index is 0.0610. The lowest BCUT2D eigenvalue weighted by Gasteiger charge is -2.42. The van der Waals surface area contributed by atoms with Crippen molar-refractivity contribution in [2.75, 3.05) is 51.3 Å². The molecule has 0 spiro atoms. The van der Waals surface area contributed by atoms with E-state index in [0.29, 0.717) is 51.4 Å². The molecule has 2 aliphatic heterocycles. The van der Waals surface area contributed by atoms with Gasteiger partial charge in [0.05, 0.1) is 18.7 Å². The maximum Gasteiger partial charge on any atom is 0.250 e. The Bertz CT molecular complexity index is 927. The standard InChI is InChI=1S/C23H26FN3O3/c1-30-15-14-27-21(28)16-17-6-2-3-7-18(17)22(27)23(29)26-12-10-25(11-13-26)20-9-5-4-8-19(20)24/h2-9,22H,10-16H2,1H3. The Morgan fingerprint density at radius 1 is 1.07 bits per heavy atom. The number of fused-ring (bicyclic) bond motifs is 1. The van der Waals surface area contributed by atoms with Crippen LogP contribution in [0, 0.1) is 5.82 Å². The van der Waals surface area contributed by atoms with Crippen molar-refractivity contribution in [1.82, 2.24) is 9.80 Å². The fraction of sp³-hybridized carbons (Fsp3) is 0.391. The van der Waals surface area contributed by atoms with Gasteiger partial charge in [0, 0.05) is 39.8 Å². The Hall–Kier alpha value is -2.93. The number of anilines is 1. The van der Waals surface area contributed by atoms with E-state index in [-0.39, 0.29) is 17.6 Å². The summed E-state index contributed by atoms with van der Waals surface area (Å²) in [4.78, 5) is 31.7. The van der Waals surface area contributed by atoms with Gasteiger partial charge in [0.2, 0.25) is 11.8 Å². The molecule has 1 atom stereocenters. The molecule has 0 aliphatic carbocycles. The molecule has 2 aromatic rings. The number of halogens is 1. The Balaban J connectivity index is 1.54. The number of carbonyl (C=O) groups is 2. The van der Waals surface area contributed by atoms with Crippen LogP contribution in [0.2, 0.25) is 0 Å². The lowest BCUT2D eigenvalue weighted by molar-refractivity contribution is -0.147. The van der Waals surface area contributed by atoms with E-state index in [0.717, 1.165) is 11.1 Å². The first-order valence-corrected chi connectivity index (χ1v) is 10.2. The highest BCUT2D eigenvalue weighted by Gasteiger charge is 2.39. The fourth-order valence-electron chi connectivity index (χ4n) is 4.30. The summed E-state index contributed by atoms with van der Waals surface area (Å²) in [5, 5.41) is 0. The highest BCUT2D eigenvalue weighted by Crippen LogP contribution is 2.32. The molecular formula is C23H26FN3O3. The molecule has 0 N–H and O–H groups in total. The second-order valence-corrected chi connectivity index (χ2v) is 7.62. The monoisotopic (exact) mass is 411 g/mol. The number of rotatable bonds is 5. The molecule has 0 saturated carbocycles. The zero-order valence-electron chi connectivity index (χ0n) is 17.1. The Morgan fingerprint density at radius 2 is 1.77 bits per heavy atom. The third kappa shape index (κ3) is 3.89. The highest BCUT2D eigenvalue weighted by molar-refractivity contribution is 5.92. The van der Waals surface area contributed by atoms with Crippen LogP contribution in [-0.4, -0.2) is 68.1 Å². The first kappa shape index (κ1) is 20.3. The van der Waals surface area contributed by atoms with Crippen LogP contribution in [0.3, 0.4) is 0 Å². The van der Waals surface area contributed by atoms with Gasteiger partial charge in [-0.05, 0) is 23.3 Å². The third-order valence-electron chi connectivity index (χ3n) is 5.88. The van der Waals surface area contributed by atoms with Crippen molar-refractivity contribution in [3.05, 3.63) is 65.5 Å². The Labute approximate surface area is 175 Å². The second kappa shape index (κ2) is 8.83. The summed E-state index contributed by atoms with van der Waals surface area (Å²) in [6, 6.07) is 13.7. The van der Waals surface area contributed by atoms with Gasteiger partial charge in [-0.3, -0.25) is 9.59 Å². The van der Waals surface area contributed by atoms with Crippen LogP contribution in [0.1, 0.15) is 17.2 Å². The zero-order chi connectivity index (χ0) is 21.1. The van der Waals surface area contributed by atoms with E-state index in [4.69, 9.17) is 4.74 Å². The predicted molar refractivity (Wildman–Crippen MR) is 112 cm³/mol. The van der Waals surface area contributed by atoms with E-state index in [1.807, 2.05) is 35.2 Å². The molecule has 4 rings (SSSR count). The molecule has 1 unspecified atom stereocenters. The first-order valence-electron chi connectivity index (χ1n) is 10.2. The van der Waals surface area contributed by atoms with Crippen molar-refractivity contribution in [1.29, 1.82) is 0 Å². The number of benzene rings is 2. The third-order valence-corrected chi connectivity index (χ3v) is 5.88. The van der Waals surface area contributed by atoms with Crippen LogP contribution in [0.4, 0.5) is 10.1 Å². The van der Waals surface area contributed by atoms with Crippen LogP contribution in [-0.2, 0) is 20.7 Å². The van der Waals surface area contributed by atoms with Gasteiger partial charge in [-0.25, -0.2) is 4.39 Å². The average molecular weight is 411 g/mol. The minimum Gasteiger partial charge on any atom is -0.383 e. The number of hydrogen-bond donors (Lipinski definition) is 0. The lowest BCUT2D eigenvalue weighted by atomic mass is 9.91. The minimum atomic E-state index is -0.641. The molecule has 2 amide bonds. The van der Waals surface area contributed by atoms with Crippen molar-refractivity contribution < 1.29 is 18.7 Å². The van der Waals surface area contributed by atoms with Gasteiger partial charge in [0.25, 0.3) is 0 Å². The Morgan fingerprint density at radius 3 is 2.50 bits per heavy atom. The summed E-state index contributed by atoms with van der Waals surface area (Å²) < 4.78 is 19.3. The van der Waals surface area contributed by atoms with Crippen LogP contribution in [0.15, 0.2) is 48.5 Å². The van der Waals surface area contributed by atoms with Crippen molar-refractivity contribution >= 4 is 17.5 Å². The van der Waals surface area contributed by atoms with E-state index >= 15 is 0 Å². The van der Waals surface area contributed by atoms with Gasteiger partial charge in [-0.15, -0.1) is 0 Å². The zero-order valence-corrected chi connectivity index (χ0v) is 17.1. The van der Waals surface area contributed by atoms with Gasteiger partial charge in [-0.2, -0.15) is 0 Å². The van der Waals surface area contributed by atoms with Gasteiger partial charge < -0.3 is 19.4 Å². The Kier molecular flexibility index (Phi) is 5.99. The van der Waals surface area contributed by atoms with E-state index in [1.54, 1.807) is 29.0 Å². The number of methoxy groups -OCH3 is 1. The van der Waals surface area contributed by atoms with Crippen LogP contribution in [0.25, 0.3) is 0 Å². The molecular weight excluding hydrogens is 385 g/mol. The lowest BCUT2D eigenvalue weighted by Crippen LogP contribution is -2.54. The normalized spacial score (nSPS) is 19.1. The maximum absolute atomic E-state index is 14.1. The summed E-state index contributed by atoms with van der Waals surface area (Å²) in [5.41, 5.74) is 2.35. The summed E-state index contributed by atoms with van der Waals surface area (Å²) in [6.07, 6.45) is 0.296. The van der Waals surface area contributed by atoms with Gasteiger partial charge in [-0.1, -0.05) is 36.4 Å². The number of hydrogen-bond acceptors (Lipinski definition) is 4. The largest absolute Gasteiger partial charge is 0.383 e. The van der Waals surface area contributed by atoms with Crippen LogP contribution in [0.5, 0.6) is 0 Å². The number of nitrogens with zero attached hydrogens (tertiary/aromatic N) is 3. The SMILES string of the molecule is COCCN1C(=O)Cc2ccccc2C1C(=O)N1CCN(c2ccccc2F)CC1. The van der Waals surface area contributed by atoms with E-state index < -0.39 is 6.04 Å². The number of amides is 2. The molecule has 1 fully saturated rings. The number of carbonyl (C=O) groups excluding carboxylic acids is 2. The highest BCUT2D eigenvalue weighted by atomic mass is 19.1. The summed E-state index contributed by atoms with van der Waals surface area (Å²) in [6.45, 7) is 2.81. The topological polar surface area (TPSA) is 53.1 Å². The second-order valence-electron chi connectivity index (χ2n) is 7.62. The first-order chi connectivity index (χ1) is 14.6. The number of piperazine rings is 1. The van der Waals surface area contributed by atoms with Crippen molar-refractivity contribution in [2.24, 2.45) is 0 Å². The van der Waals surface area contributed by atoms with E-state index in [2.05, 4.69) is 0 Å². The molecule has 158 valence electrons. The van der Waals surface area contributed by atoms with Gasteiger partial charge in [0.1, 0.15) is 11.9 Å². The van der Waals surface area contributed by atoms with Crippen molar-refractivity contribution in [3.8, 4) is 0 Å². The molecule has 0 radical (unpaired) electrons. The molecule has 0 bridgehead atoms. The molecule has 6 nitrogen and oxygen atoms in total. The molecule has 2 aromatic carbocycles. The maximum atomic E-state index is 14.1. The van der Waals surface area contributed by atoms with E-state index in [1.165, 1.54) is 6.07 Å². The molecule has 2 aliphatic rings. The number of para-hydroxylation sites is 1. The van der Waals surface area contributed by atoms with Gasteiger partial charge in [0.15, 0.2) is 0 Å². The molecule has 2 heterocycles. The van der Waals surface area contributed by atoms with Gasteiger partial charge >= 0.3 is 0 Å². The predicted octanol–water partition coefficient (Wildman–Crippen LogP) is 2.25. The molecule has 1 saturated heterocycles. The quantitative estimate of drug-likeness (QED) is 0.757. The average Bonchev–Trinajstić information content (AvgIpc) is 2.77. The van der Waals surface area contributed by atoms with Crippen LogP contribution < -0.4 is 4.90 Å².